The minimum Gasteiger partial charge on any atom is -0.295 e. The molecule has 3 aliphatic rings. The van der Waals surface area contributed by atoms with E-state index in [2.05, 4.69) is 21.3 Å². The Kier molecular flexibility index (Phi) is 5.40. The lowest BCUT2D eigenvalue weighted by Gasteiger charge is -2.33. The minimum absolute atomic E-state index is 0.187. The molecule has 164 valence electrons. The number of nitrogens with one attached hydrogen (secondary N) is 1. The Morgan fingerprint density at radius 1 is 1.03 bits per heavy atom. The average Bonchev–Trinajstić information content (AvgIpc) is 3.10. The van der Waals surface area contributed by atoms with E-state index in [4.69, 9.17) is 11.6 Å². The molecule has 0 saturated carbocycles. The number of aromatic nitrogens is 1. The molecule has 1 saturated heterocycles. The zero-order chi connectivity index (χ0) is 22.2. The molecule has 1 fully saturated rings. The summed E-state index contributed by atoms with van der Waals surface area (Å²) in [5.41, 5.74) is 4.95. The van der Waals surface area contributed by atoms with E-state index in [0.29, 0.717) is 17.1 Å². The highest BCUT2D eigenvalue weighted by Gasteiger charge is 2.36. The van der Waals surface area contributed by atoms with Crippen LogP contribution in [-0.2, 0) is 17.9 Å². The summed E-state index contributed by atoms with van der Waals surface area (Å²) in [6, 6.07) is 7.25. The van der Waals surface area contributed by atoms with Gasteiger partial charge in [-0.2, -0.15) is 0 Å². The van der Waals surface area contributed by atoms with Gasteiger partial charge in [-0.05, 0) is 40.8 Å². The van der Waals surface area contributed by atoms with Crippen LogP contribution in [0.4, 0.5) is 4.79 Å². The molecule has 3 aliphatic heterocycles. The van der Waals surface area contributed by atoms with Gasteiger partial charge in [-0.15, -0.1) is 0 Å². The van der Waals surface area contributed by atoms with E-state index in [1.165, 1.54) is 15.6 Å². The summed E-state index contributed by atoms with van der Waals surface area (Å²) < 4.78 is 0. The molecule has 1 aromatic carbocycles. The largest absolute Gasteiger partial charge is 0.342 e. The Balaban J connectivity index is 1.25. The number of halogens is 1. The van der Waals surface area contributed by atoms with E-state index < -0.39 is 6.03 Å². The van der Waals surface area contributed by atoms with E-state index in [1.807, 2.05) is 30.5 Å². The van der Waals surface area contributed by atoms with Crippen molar-refractivity contribution in [2.24, 2.45) is 0 Å². The van der Waals surface area contributed by atoms with Crippen LogP contribution in [0.15, 0.2) is 42.7 Å². The minimum atomic E-state index is -0.548. The molecule has 0 spiro atoms. The number of urea groups is 1. The molecule has 0 unspecified atom stereocenters. The quantitative estimate of drug-likeness (QED) is 0.772. The van der Waals surface area contributed by atoms with Gasteiger partial charge in [0.1, 0.15) is 0 Å². The van der Waals surface area contributed by atoms with Crippen molar-refractivity contribution in [2.75, 3.05) is 19.6 Å². The van der Waals surface area contributed by atoms with Crippen LogP contribution in [0.25, 0.3) is 5.57 Å². The molecule has 32 heavy (non-hydrogen) atoms. The Morgan fingerprint density at radius 3 is 2.66 bits per heavy atom. The SMILES string of the molecule is O=C1CCN(N2Cc3cc(CN4CC=C(c5cncc(Cl)c5)CC4)ccc3C2=O)C(=O)N1. The third-order valence-corrected chi connectivity index (χ3v) is 6.26. The molecule has 0 bridgehead atoms. The van der Waals surface area contributed by atoms with Crippen molar-refractivity contribution in [3.05, 3.63) is 70.0 Å². The number of hydrazine groups is 1. The van der Waals surface area contributed by atoms with Crippen LogP contribution < -0.4 is 5.32 Å². The van der Waals surface area contributed by atoms with Gasteiger partial charge in [0.05, 0.1) is 18.1 Å². The van der Waals surface area contributed by atoms with Gasteiger partial charge in [-0.1, -0.05) is 29.8 Å². The van der Waals surface area contributed by atoms with Crippen molar-refractivity contribution in [2.45, 2.75) is 25.9 Å². The van der Waals surface area contributed by atoms with Gasteiger partial charge in [0.2, 0.25) is 5.91 Å². The third kappa shape index (κ3) is 3.99. The second-order valence-electron chi connectivity index (χ2n) is 8.19. The normalized spacial score (nSPS) is 19.2. The molecular formula is C23H22ClN5O3. The van der Waals surface area contributed by atoms with Crippen LogP contribution in [0.3, 0.4) is 0 Å². The Hall–Kier alpha value is -3.23. The predicted molar refractivity (Wildman–Crippen MR) is 118 cm³/mol. The molecule has 0 atom stereocenters. The highest BCUT2D eigenvalue weighted by Crippen LogP contribution is 2.28. The van der Waals surface area contributed by atoms with Crippen molar-refractivity contribution in [3.8, 4) is 0 Å². The van der Waals surface area contributed by atoms with Crippen LogP contribution >= 0.6 is 11.6 Å². The summed E-state index contributed by atoms with van der Waals surface area (Å²) in [5, 5.41) is 5.65. The van der Waals surface area contributed by atoms with Gasteiger partial charge in [0.25, 0.3) is 5.91 Å². The van der Waals surface area contributed by atoms with Crippen molar-refractivity contribution in [1.82, 2.24) is 25.2 Å². The van der Waals surface area contributed by atoms with Crippen LogP contribution in [0, 0.1) is 0 Å². The summed E-state index contributed by atoms with van der Waals surface area (Å²) in [6.45, 7) is 3.06. The van der Waals surface area contributed by atoms with Crippen molar-refractivity contribution in [3.63, 3.8) is 0 Å². The van der Waals surface area contributed by atoms with E-state index >= 15 is 0 Å². The third-order valence-electron chi connectivity index (χ3n) is 6.05. The molecule has 4 amide bonds. The number of carbonyl (C=O) groups excluding carboxylic acids is 3. The average molecular weight is 452 g/mol. The lowest BCUT2D eigenvalue weighted by molar-refractivity contribution is -0.123. The number of carbonyl (C=O) groups is 3. The van der Waals surface area contributed by atoms with E-state index in [-0.39, 0.29) is 24.8 Å². The van der Waals surface area contributed by atoms with Crippen molar-refractivity contribution >= 4 is 35.0 Å². The van der Waals surface area contributed by atoms with Crippen LogP contribution in [0.1, 0.15) is 39.9 Å². The van der Waals surface area contributed by atoms with E-state index in [1.54, 1.807) is 6.20 Å². The second-order valence-corrected chi connectivity index (χ2v) is 8.62. The van der Waals surface area contributed by atoms with Gasteiger partial charge in [0.15, 0.2) is 0 Å². The number of fused-ring (bicyclic) bond motifs is 1. The number of amides is 4. The van der Waals surface area contributed by atoms with Gasteiger partial charge >= 0.3 is 6.03 Å². The summed E-state index contributed by atoms with van der Waals surface area (Å²) in [5.74, 6) is -0.528. The molecular weight excluding hydrogens is 430 g/mol. The van der Waals surface area contributed by atoms with Crippen LogP contribution in [0.5, 0.6) is 0 Å². The first-order valence-corrected chi connectivity index (χ1v) is 10.9. The zero-order valence-corrected chi connectivity index (χ0v) is 18.1. The maximum Gasteiger partial charge on any atom is 0.342 e. The first-order chi connectivity index (χ1) is 15.5. The summed E-state index contributed by atoms with van der Waals surface area (Å²) in [7, 11) is 0. The first-order valence-electron chi connectivity index (χ1n) is 10.5. The fourth-order valence-corrected chi connectivity index (χ4v) is 4.57. The summed E-state index contributed by atoms with van der Waals surface area (Å²) >= 11 is 6.06. The molecule has 2 aromatic rings. The molecule has 8 nitrogen and oxygen atoms in total. The number of benzene rings is 1. The monoisotopic (exact) mass is 451 g/mol. The molecule has 4 heterocycles. The van der Waals surface area contributed by atoms with Crippen LogP contribution in [-0.4, -0.2) is 57.4 Å². The van der Waals surface area contributed by atoms with E-state index in [0.717, 1.165) is 42.7 Å². The van der Waals surface area contributed by atoms with Gasteiger partial charge < -0.3 is 0 Å². The fourth-order valence-electron chi connectivity index (χ4n) is 4.40. The lowest BCUT2D eigenvalue weighted by Crippen LogP contribution is -2.56. The molecule has 0 radical (unpaired) electrons. The Labute approximate surface area is 190 Å². The number of nitrogens with zero attached hydrogens (tertiary/aromatic N) is 4. The fraction of sp³-hybridized carbons (Fsp3) is 0.304. The maximum atomic E-state index is 12.8. The highest BCUT2D eigenvalue weighted by molar-refractivity contribution is 6.30. The lowest BCUT2D eigenvalue weighted by atomic mass is 10.0. The van der Waals surface area contributed by atoms with Crippen molar-refractivity contribution in [1.29, 1.82) is 0 Å². The first kappa shape index (κ1) is 20.7. The molecule has 5 rings (SSSR count). The standard InChI is InChI=1S/C23H22ClN5O3/c24-19-10-17(11-25-12-19)16-3-6-27(7-4-16)13-15-1-2-20-18(9-15)14-29(22(20)31)28-8-5-21(30)26-23(28)32/h1-3,9-12H,4-8,13-14H2,(H,26,30,32). The summed E-state index contributed by atoms with van der Waals surface area (Å²) in [6.07, 6.45) is 6.80. The molecule has 9 heteroatoms. The van der Waals surface area contributed by atoms with Gasteiger partial charge in [-0.25, -0.2) is 14.8 Å². The number of hydrogen-bond donors (Lipinski definition) is 1. The number of hydrogen-bond acceptors (Lipinski definition) is 5. The Bertz CT molecular complexity index is 1150. The zero-order valence-electron chi connectivity index (χ0n) is 17.4. The highest BCUT2D eigenvalue weighted by atomic mass is 35.5. The van der Waals surface area contributed by atoms with Crippen LogP contribution in [0.2, 0.25) is 5.02 Å². The van der Waals surface area contributed by atoms with Gasteiger partial charge in [0, 0.05) is 44.0 Å². The smallest absolute Gasteiger partial charge is 0.295 e. The number of rotatable bonds is 4. The summed E-state index contributed by atoms with van der Waals surface area (Å²) in [4.78, 5) is 42.9. The molecule has 0 aliphatic carbocycles. The number of imide groups is 1. The van der Waals surface area contributed by atoms with Crippen molar-refractivity contribution < 1.29 is 14.4 Å². The predicted octanol–water partition coefficient (Wildman–Crippen LogP) is 2.84. The number of pyridine rings is 1. The molecule has 1 N–H and O–H groups in total. The van der Waals surface area contributed by atoms with E-state index in [9.17, 15) is 14.4 Å². The maximum absolute atomic E-state index is 12.8. The topological polar surface area (TPSA) is 85.9 Å². The van der Waals surface area contributed by atoms with Gasteiger partial charge in [-0.3, -0.25) is 24.8 Å². The molecule has 1 aromatic heterocycles. The second kappa shape index (κ2) is 8.37. The Morgan fingerprint density at radius 2 is 1.91 bits per heavy atom.